The molecule has 5 unspecified atom stereocenters. The van der Waals surface area contributed by atoms with E-state index < -0.39 is 47.3 Å². The minimum atomic E-state index is -2.27. The van der Waals surface area contributed by atoms with Crippen molar-refractivity contribution in [1.29, 1.82) is 0 Å². The fourth-order valence-corrected chi connectivity index (χ4v) is 6.55. The zero-order valence-electron chi connectivity index (χ0n) is 25.5. The summed E-state index contributed by atoms with van der Waals surface area (Å²) in [6, 6.07) is 10.0. The maximum Gasteiger partial charge on any atom is 0.306 e. The van der Waals surface area contributed by atoms with Gasteiger partial charge in [-0.3, -0.25) is 4.79 Å². The molecule has 1 aromatic rings. The van der Waals surface area contributed by atoms with E-state index in [-0.39, 0.29) is 28.4 Å². The Morgan fingerprint density at radius 3 is 1.84 bits per heavy atom. The van der Waals surface area contributed by atoms with E-state index in [9.17, 15) is 4.79 Å². The monoisotopic (exact) mass is 552 g/mol. The van der Waals surface area contributed by atoms with Gasteiger partial charge in [-0.05, 0) is 54.7 Å². The summed E-state index contributed by atoms with van der Waals surface area (Å²) in [5.41, 5.74) is 1.11. The molecule has 0 radical (unpaired) electrons. The lowest BCUT2D eigenvalue weighted by Crippen LogP contribution is -2.65. The highest BCUT2D eigenvalue weighted by Crippen LogP contribution is 2.43. The number of carbonyl (C=O) groups excluding carboxylic acids is 1. The summed E-state index contributed by atoms with van der Waals surface area (Å²) in [6.07, 6.45) is -2.36. The number of methoxy groups -OCH3 is 1. The third kappa shape index (κ3) is 7.99. The quantitative estimate of drug-likeness (QED) is 0.237. The fourth-order valence-electron chi connectivity index (χ4n) is 3.97. The van der Waals surface area contributed by atoms with Crippen LogP contribution in [0.4, 0.5) is 0 Å². The Labute approximate surface area is 228 Å². The second-order valence-electron chi connectivity index (χ2n) is 13.6. The summed E-state index contributed by atoms with van der Waals surface area (Å²) in [4.78, 5) is 13.3. The SMILES string of the molecule is COC1OC(C)C(OC(=O)C[C@@H](C)c2ccccc2)C(O[Si](C)(C)C(C)(C)C)C1O[Si](C)(C)C(C)(C)C. The average Bonchev–Trinajstić information content (AvgIpc) is 2.76. The van der Waals surface area contributed by atoms with Gasteiger partial charge in [0.1, 0.15) is 12.2 Å². The van der Waals surface area contributed by atoms with Crippen LogP contribution in [-0.4, -0.2) is 60.4 Å². The average molecular weight is 553 g/mol. The normalized spacial score (nSPS) is 26.6. The predicted molar refractivity (Wildman–Crippen MR) is 155 cm³/mol. The van der Waals surface area contributed by atoms with Crippen molar-refractivity contribution in [2.75, 3.05) is 7.11 Å². The highest BCUT2D eigenvalue weighted by Gasteiger charge is 2.54. The van der Waals surface area contributed by atoms with Crippen LogP contribution in [0.15, 0.2) is 30.3 Å². The molecule has 0 spiro atoms. The van der Waals surface area contributed by atoms with Gasteiger partial charge < -0.3 is 23.1 Å². The summed E-state index contributed by atoms with van der Waals surface area (Å²) in [6.45, 7) is 26.1. The van der Waals surface area contributed by atoms with Crippen molar-refractivity contribution in [3.05, 3.63) is 35.9 Å². The zero-order chi connectivity index (χ0) is 28.4. The van der Waals surface area contributed by atoms with E-state index in [1.54, 1.807) is 7.11 Å². The molecule has 1 heterocycles. The molecule has 0 bridgehead atoms. The summed E-state index contributed by atoms with van der Waals surface area (Å²) in [7, 11) is -2.88. The third-order valence-electron chi connectivity index (χ3n) is 8.54. The molecule has 212 valence electrons. The first-order chi connectivity index (χ1) is 16.8. The molecule has 0 saturated carbocycles. The standard InChI is InChI=1S/C29H52O6Si2/c1-20(22-17-15-14-16-18-22)19-23(30)33-24-21(2)32-27(31-9)26(35-37(12,13)29(6,7)8)25(24)34-36(10,11)28(3,4)5/h14-18,20-21,24-27H,19H2,1-13H3/t20-,21?,24?,25?,26?,27?/m1/s1. The van der Waals surface area contributed by atoms with Crippen LogP contribution >= 0.6 is 0 Å². The lowest BCUT2D eigenvalue weighted by Gasteiger charge is -2.51. The van der Waals surface area contributed by atoms with Crippen molar-refractivity contribution in [2.24, 2.45) is 0 Å². The van der Waals surface area contributed by atoms with Crippen molar-refractivity contribution in [1.82, 2.24) is 0 Å². The molecule has 0 N–H and O–H groups in total. The molecule has 1 saturated heterocycles. The maximum absolute atomic E-state index is 13.3. The van der Waals surface area contributed by atoms with Crippen LogP contribution in [-0.2, 0) is 27.9 Å². The van der Waals surface area contributed by atoms with Crippen molar-refractivity contribution in [3.63, 3.8) is 0 Å². The fraction of sp³-hybridized carbons (Fsp3) is 0.759. The molecule has 37 heavy (non-hydrogen) atoms. The van der Waals surface area contributed by atoms with Gasteiger partial charge in [0.25, 0.3) is 0 Å². The molecule has 0 aliphatic carbocycles. The molecule has 0 aromatic heterocycles. The first-order valence-corrected chi connectivity index (χ1v) is 19.4. The molecule has 1 fully saturated rings. The first kappa shape index (κ1) is 32.2. The Morgan fingerprint density at radius 1 is 0.892 bits per heavy atom. The summed E-state index contributed by atoms with van der Waals surface area (Å²) < 4.78 is 32.2. The zero-order valence-corrected chi connectivity index (χ0v) is 27.5. The Morgan fingerprint density at radius 2 is 1.38 bits per heavy atom. The highest BCUT2D eigenvalue weighted by atomic mass is 28.4. The molecule has 1 aliphatic heterocycles. The van der Waals surface area contributed by atoms with Crippen LogP contribution in [0.5, 0.6) is 0 Å². The van der Waals surface area contributed by atoms with Crippen molar-refractivity contribution in [2.45, 2.75) is 135 Å². The Hall–Kier alpha value is -1.04. The van der Waals surface area contributed by atoms with Crippen LogP contribution in [0.2, 0.25) is 36.3 Å². The third-order valence-corrected chi connectivity index (χ3v) is 17.5. The molecule has 2 rings (SSSR count). The summed E-state index contributed by atoms with van der Waals surface area (Å²) >= 11 is 0. The van der Waals surface area contributed by atoms with Crippen LogP contribution in [0.1, 0.15) is 73.3 Å². The van der Waals surface area contributed by atoms with Gasteiger partial charge in [0, 0.05) is 7.11 Å². The molecular weight excluding hydrogens is 500 g/mol. The van der Waals surface area contributed by atoms with Gasteiger partial charge in [-0.2, -0.15) is 0 Å². The Kier molecular flexibility index (Phi) is 10.4. The number of hydrogen-bond donors (Lipinski definition) is 0. The number of esters is 1. The summed E-state index contributed by atoms with van der Waals surface area (Å²) in [5, 5.41) is -0.0534. The van der Waals surface area contributed by atoms with Crippen molar-refractivity contribution >= 4 is 22.6 Å². The maximum atomic E-state index is 13.3. The largest absolute Gasteiger partial charge is 0.457 e. The van der Waals surface area contributed by atoms with Gasteiger partial charge in [-0.1, -0.05) is 78.8 Å². The van der Waals surface area contributed by atoms with E-state index in [2.05, 4.69) is 67.7 Å². The second-order valence-corrected chi connectivity index (χ2v) is 23.1. The molecule has 6 atom stereocenters. The minimum Gasteiger partial charge on any atom is -0.457 e. The number of carbonyl (C=O) groups is 1. The number of benzene rings is 1. The minimum absolute atomic E-state index is 0.0207. The van der Waals surface area contributed by atoms with E-state index >= 15 is 0 Å². The van der Waals surface area contributed by atoms with Crippen LogP contribution < -0.4 is 0 Å². The summed E-state index contributed by atoms with van der Waals surface area (Å²) in [5.74, 6) is -0.221. The Balaban J connectivity index is 2.42. The number of hydrogen-bond acceptors (Lipinski definition) is 6. The molecule has 0 amide bonds. The van der Waals surface area contributed by atoms with E-state index in [4.69, 9.17) is 23.1 Å². The lowest BCUT2D eigenvalue weighted by molar-refractivity contribution is -0.282. The molecule has 6 nitrogen and oxygen atoms in total. The van der Waals surface area contributed by atoms with E-state index in [0.717, 1.165) is 5.56 Å². The van der Waals surface area contributed by atoms with Crippen molar-refractivity contribution in [3.8, 4) is 0 Å². The van der Waals surface area contributed by atoms with Crippen LogP contribution in [0.3, 0.4) is 0 Å². The smallest absolute Gasteiger partial charge is 0.306 e. The van der Waals surface area contributed by atoms with E-state index in [1.807, 2.05) is 44.2 Å². The topological polar surface area (TPSA) is 63.2 Å². The van der Waals surface area contributed by atoms with Gasteiger partial charge in [0.2, 0.25) is 0 Å². The van der Waals surface area contributed by atoms with Gasteiger partial charge in [0.05, 0.1) is 12.5 Å². The van der Waals surface area contributed by atoms with Crippen LogP contribution in [0, 0.1) is 0 Å². The lowest BCUT2D eigenvalue weighted by atomic mass is 9.97. The molecule has 1 aliphatic rings. The molecule has 8 heteroatoms. The van der Waals surface area contributed by atoms with Gasteiger partial charge in [0.15, 0.2) is 29.0 Å². The Bertz CT molecular complexity index is 875. The van der Waals surface area contributed by atoms with Gasteiger partial charge in [-0.15, -0.1) is 0 Å². The highest BCUT2D eigenvalue weighted by molar-refractivity contribution is 6.74. The van der Waals surface area contributed by atoms with Crippen LogP contribution in [0.25, 0.3) is 0 Å². The van der Waals surface area contributed by atoms with E-state index in [0.29, 0.717) is 0 Å². The number of rotatable bonds is 9. The van der Waals surface area contributed by atoms with Gasteiger partial charge in [-0.25, -0.2) is 0 Å². The predicted octanol–water partition coefficient (Wildman–Crippen LogP) is 7.26. The second kappa shape index (κ2) is 12.0. The first-order valence-electron chi connectivity index (χ1n) is 13.6. The van der Waals surface area contributed by atoms with Gasteiger partial charge >= 0.3 is 5.97 Å². The number of ether oxygens (including phenoxy) is 3. The molecular formula is C29H52O6Si2. The van der Waals surface area contributed by atoms with Crippen molar-refractivity contribution < 1.29 is 27.9 Å². The molecule has 1 aromatic carbocycles. The van der Waals surface area contributed by atoms with E-state index in [1.165, 1.54) is 0 Å².